The Morgan fingerprint density at radius 2 is 2.07 bits per heavy atom. The number of piperazine rings is 1. The second kappa shape index (κ2) is 9.58. The second-order valence-corrected chi connectivity index (χ2v) is 7.44. The summed E-state index contributed by atoms with van der Waals surface area (Å²) < 4.78 is 5.78. The van der Waals surface area contributed by atoms with Crippen LogP contribution >= 0.6 is 11.8 Å². The van der Waals surface area contributed by atoms with Gasteiger partial charge in [-0.15, -0.1) is 0 Å². The Morgan fingerprint density at radius 3 is 2.81 bits per heavy atom. The highest BCUT2D eigenvalue weighted by Crippen LogP contribution is 2.32. The van der Waals surface area contributed by atoms with Crippen molar-refractivity contribution >= 4 is 28.9 Å². The van der Waals surface area contributed by atoms with Crippen LogP contribution in [0.25, 0.3) is 6.08 Å². The molecule has 3 rings (SSSR count). The third kappa shape index (κ3) is 5.12. The molecule has 2 heterocycles. The summed E-state index contributed by atoms with van der Waals surface area (Å²) in [6.45, 7) is 6.96. The molecule has 1 fully saturated rings. The molecule has 1 aromatic carbocycles. The molecule has 1 saturated heterocycles. The van der Waals surface area contributed by atoms with Crippen molar-refractivity contribution < 1.29 is 9.53 Å². The van der Waals surface area contributed by atoms with Gasteiger partial charge < -0.3 is 9.64 Å². The topological polar surface area (TPSA) is 68.9 Å². The number of rotatable bonds is 6. The van der Waals surface area contributed by atoms with E-state index in [4.69, 9.17) is 10.00 Å². The van der Waals surface area contributed by atoms with E-state index in [0.29, 0.717) is 17.9 Å². The van der Waals surface area contributed by atoms with Gasteiger partial charge >= 0.3 is 0 Å². The smallest absolute Gasteiger partial charge is 0.286 e. The van der Waals surface area contributed by atoms with Gasteiger partial charge in [-0.3, -0.25) is 9.69 Å². The van der Waals surface area contributed by atoms with Gasteiger partial charge in [-0.1, -0.05) is 25.1 Å². The summed E-state index contributed by atoms with van der Waals surface area (Å²) in [7, 11) is 0. The number of hydrogen-bond acceptors (Lipinski definition) is 6. The van der Waals surface area contributed by atoms with Crippen molar-refractivity contribution in [3.8, 4) is 11.8 Å². The Balaban J connectivity index is 1.63. The molecule has 142 valence electrons. The van der Waals surface area contributed by atoms with Crippen LogP contribution in [-0.2, 0) is 4.79 Å². The van der Waals surface area contributed by atoms with Crippen LogP contribution in [0.4, 0.5) is 0 Å². The zero-order valence-electron chi connectivity index (χ0n) is 15.6. The fourth-order valence-corrected chi connectivity index (χ4v) is 3.94. The van der Waals surface area contributed by atoms with Crippen molar-refractivity contribution in [3.63, 3.8) is 0 Å². The zero-order chi connectivity index (χ0) is 19.1. The van der Waals surface area contributed by atoms with Gasteiger partial charge in [-0.05, 0) is 30.3 Å². The molecular formula is C20H24N4O2S. The number of amidine groups is 1. The van der Waals surface area contributed by atoms with E-state index in [-0.39, 0.29) is 5.91 Å². The van der Waals surface area contributed by atoms with E-state index in [2.05, 4.69) is 27.8 Å². The lowest BCUT2D eigenvalue weighted by molar-refractivity contribution is -0.113. The fourth-order valence-electron chi connectivity index (χ4n) is 2.99. The van der Waals surface area contributed by atoms with E-state index >= 15 is 0 Å². The van der Waals surface area contributed by atoms with Gasteiger partial charge in [0.05, 0.1) is 17.6 Å². The molecule has 1 aromatic rings. The van der Waals surface area contributed by atoms with E-state index < -0.39 is 0 Å². The highest BCUT2D eigenvalue weighted by molar-refractivity contribution is 8.18. The number of carbonyl (C=O) groups excluding carboxylic acids is 1. The van der Waals surface area contributed by atoms with Crippen LogP contribution in [0.1, 0.15) is 25.3 Å². The van der Waals surface area contributed by atoms with Gasteiger partial charge in [-0.2, -0.15) is 10.3 Å². The summed E-state index contributed by atoms with van der Waals surface area (Å²) in [6, 6.07) is 9.95. The molecule has 6 nitrogen and oxygen atoms in total. The number of ether oxygens (including phenoxy) is 1. The monoisotopic (exact) mass is 384 g/mol. The number of carbonyl (C=O) groups is 1. The highest BCUT2D eigenvalue weighted by Gasteiger charge is 2.28. The van der Waals surface area contributed by atoms with E-state index in [9.17, 15) is 4.79 Å². The van der Waals surface area contributed by atoms with E-state index in [0.717, 1.165) is 55.6 Å². The molecule has 0 aromatic heterocycles. The van der Waals surface area contributed by atoms with Gasteiger partial charge in [0.25, 0.3) is 5.91 Å². The third-order valence-corrected chi connectivity index (χ3v) is 5.50. The van der Waals surface area contributed by atoms with Crippen LogP contribution in [0.2, 0.25) is 0 Å². The van der Waals surface area contributed by atoms with Crippen molar-refractivity contribution in [2.45, 2.75) is 19.8 Å². The average Bonchev–Trinajstić information content (AvgIpc) is 3.06. The molecule has 2 aliphatic rings. The number of nitriles is 1. The van der Waals surface area contributed by atoms with E-state index in [1.807, 2.05) is 30.3 Å². The van der Waals surface area contributed by atoms with Crippen LogP contribution in [0.5, 0.6) is 5.75 Å². The lowest BCUT2D eigenvalue weighted by Crippen LogP contribution is -2.47. The molecule has 27 heavy (non-hydrogen) atoms. The van der Waals surface area contributed by atoms with E-state index in [1.54, 1.807) is 0 Å². The molecule has 7 heteroatoms. The van der Waals surface area contributed by atoms with Gasteiger partial charge in [0.2, 0.25) is 0 Å². The summed E-state index contributed by atoms with van der Waals surface area (Å²) in [5.74, 6) is 0.604. The standard InChI is InChI=1S/C20H24N4O2S/c1-2-14-26-17-7-4-3-6-16(17)15-18-19(25)22-20(27-18)24-12-10-23(11-13-24)9-5-8-21/h3-4,6-7,15H,2,5,9-14H2,1H3/b18-15+. The van der Waals surface area contributed by atoms with Crippen molar-refractivity contribution in [1.82, 2.24) is 9.80 Å². The highest BCUT2D eigenvalue weighted by atomic mass is 32.2. The first-order valence-corrected chi connectivity index (χ1v) is 10.1. The predicted octanol–water partition coefficient (Wildman–Crippen LogP) is 2.98. The first kappa shape index (κ1) is 19.5. The Hall–Kier alpha value is -2.30. The van der Waals surface area contributed by atoms with Crippen molar-refractivity contribution in [2.24, 2.45) is 4.99 Å². The minimum absolute atomic E-state index is 0.188. The number of amides is 1. The molecule has 0 spiro atoms. The van der Waals surface area contributed by atoms with Crippen LogP contribution in [-0.4, -0.2) is 60.2 Å². The Bertz CT molecular complexity index is 776. The molecule has 0 saturated carbocycles. The zero-order valence-corrected chi connectivity index (χ0v) is 16.4. The average molecular weight is 385 g/mol. The maximum atomic E-state index is 12.4. The summed E-state index contributed by atoms with van der Waals surface area (Å²) in [5.41, 5.74) is 0.902. The normalized spacial score (nSPS) is 19.3. The Kier molecular flexibility index (Phi) is 6.91. The number of aliphatic imine (C=N–C) groups is 1. The number of para-hydroxylation sites is 1. The molecular weight excluding hydrogens is 360 g/mol. The molecule has 2 aliphatic heterocycles. The van der Waals surface area contributed by atoms with Crippen molar-refractivity contribution in [1.29, 1.82) is 5.26 Å². The van der Waals surface area contributed by atoms with Crippen LogP contribution in [0.15, 0.2) is 34.2 Å². The van der Waals surface area contributed by atoms with Crippen molar-refractivity contribution in [3.05, 3.63) is 34.7 Å². The number of nitrogens with zero attached hydrogens (tertiary/aromatic N) is 4. The summed E-state index contributed by atoms with van der Waals surface area (Å²) in [5, 5.41) is 9.48. The molecule has 0 atom stereocenters. The van der Waals surface area contributed by atoms with E-state index in [1.165, 1.54) is 11.8 Å². The third-order valence-electron chi connectivity index (χ3n) is 4.46. The molecule has 0 unspecified atom stereocenters. The number of hydrogen-bond donors (Lipinski definition) is 0. The summed E-state index contributed by atoms with van der Waals surface area (Å²) in [4.78, 5) is 21.7. The second-order valence-electron chi connectivity index (χ2n) is 6.43. The van der Waals surface area contributed by atoms with Crippen LogP contribution in [0.3, 0.4) is 0 Å². The largest absolute Gasteiger partial charge is 0.493 e. The minimum Gasteiger partial charge on any atom is -0.493 e. The first-order chi connectivity index (χ1) is 13.2. The molecule has 0 radical (unpaired) electrons. The maximum absolute atomic E-state index is 12.4. The lowest BCUT2D eigenvalue weighted by Gasteiger charge is -2.34. The Labute approximate surface area is 164 Å². The molecule has 0 aliphatic carbocycles. The summed E-state index contributed by atoms with van der Waals surface area (Å²) >= 11 is 1.43. The number of thioether (sulfide) groups is 1. The molecule has 1 amide bonds. The fraction of sp³-hybridized carbons (Fsp3) is 0.450. The van der Waals surface area contributed by atoms with Gasteiger partial charge in [0.1, 0.15) is 5.75 Å². The van der Waals surface area contributed by atoms with Crippen LogP contribution in [0, 0.1) is 11.3 Å². The quantitative estimate of drug-likeness (QED) is 0.703. The SMILES string of the molecule is CCCOc1ccccc1/C=C1/SC(N2CCN(CCC#N)CC2)=NC1=O. The lowest BCUT2D eigenvalue weighted by atomic mass is 10.2. The van der Waals surface area contributed by atoms with Crippen LogP contribution < -0.4 is 4.74 Å². The van der Waals surface area contributed by atoms with Gasteiger partial charge in [-0.25, -0.2) is 0 Å². The van der Waals surface area contributed by atoms with Crippen molar-refractivity contribution in [2.75, 3.05) is 39.3 Å². The Morgan fingerprint density at radius 1 is 1.30 bits per heavy atom. The molecule has 0 N–H and O–H groups in total. The van der Waals surface area contributed by atoms with Gasteiger partial charge in [0, 0.05) is 44.7 Å². The van der Waals surface area contributed by atoms with Gasteiger partial charge in [0.15, 0.2) is 5.17 Å². The number of benzene rings is 1. The first-order valence-electron chi connectivity index (χ1n) is 9.30. The maximum Gasteiger partial charge on any atom is 0.286 e. The summed E-state index contributed by atoms with van der Waals surface area (Å²) in [6.07, 6.45) is 3.37. The minimum atomic E-state index is -0.188. The molecule has 0 bridgehead atoms. The predicted molar refractivity (Wildman–Crippen MR) is 108 cm³/mol.